The van der Waals surface area contributed by atoms with E-state index in [-0.39, 0.29) is 6.10 Å². The molecule has 1 atom stereocenters. The van der Waals surface area contributed by atoms with Crippen LogP contribution in [0.5, 0.6) is 0 Å². The Morgan fingerprint density at radius 1 is 1.22 bits per heavy atom. The Labute approximate surface area is 118 Å². The summed E-state index contributed by atoms with van der Waals surface area (Å²) in [5, 5.41) is 13.9. The van der Waals surface area contributed by atoms with E-state index in [0.29, 0.717) is 15.0 Å². The molecule has 1 heterocycles. The maximum absolute atomic E-state index is 9.88. The number of benzene rings is 1. The number of aromatic nitrogens is 1. The normalized spacial score (nSPS) is 12.5. The molecule has 0 unspecified atom stereocenters. The molecule has 2 nitrogen and oxygen atoms in total. The van der Waals surface area contributed by atoms with Gasteiger partial charge >= 0.3 is 118 Å². The Bertz CT molecular complexity index is 432. The van der Waals surface area contributed by atoms with Gasteiger partial charge in [-0.15, -0.1) is 0 Å². The Balaban J connectivity index is 1.59. The summed E-state index contributed by atoms with van der Waals surface area (Å²) in [7, 11) is 0. The van der Waals surface area contributed by atoms with Gasteiger partial charge in [0.25, 0.3) is 0 Å². The minimum atomic E-state index is -0.366. The summed E-state index contributed by atoms with van der Waals surface area (Å²) < 4.78 is 1.46. The van der Waals surface area contributed by atoms with Crippen molar-refractivity contribution in [3.05, 3.63) is 46.9 Å². The Morgan fingerprint density at radius 3 is 2.78 bits per heavy atom. The summed E-state index contributed by atoms with van der Waals surface area (Å²) in [6.45, 7) is 0. The first-order valence-corrected chi connectivity index (χ1v) is 9.06. The van der Waals surface area contributed by atoms with E-state index in [2.05, 4.69) is 35.3 Å². The Morgan fingerprint density at radius 2 is 2.06 bits per heavy atom. The molecule has 0 aliphatic rings. The number of aliphatic hydroxyl groups is 1. The van der Waals surface area contributed by atoms with E-state index in [4.69, 9.17) is 0 Å². The topological polar surface area (TPSA) is 33.1 Å². The average Bonchev–Trinajstić information content (AvgIpc) is 2.93. The number of hydrogen-bond acceptors (Lipinski definition) is 3. The average molecular weight is 326 g/mol. The molecule has 0 radical (unpaired) electrons. The van der Waals surface area contributed by atoms with E-state index in [1.165, 1.54) is 27.5 Å². The maximum atomic E-state index is 9.88. The zero-order valence-corrected chi connectivity index (χ0v) is 12.7. The van der Waals surface area contributed by atoms with E-state index < -0.39 is 0 Å². The van der Waals surface area contributed by atoms with Crippen LogP contribution in [-0.2, 0) is 0 Å². The first kappa shape index (κ1) is 13.8. The second kappa shape index (κ2) is 7.70. The zero-order chi connectivity index (χ0) is 12.6. The third kappa shape index (κ3) is 4.54. The van der Waals surface area contributed by atoms with Gasteiger partial charge in [0.05, 0.1) is 0 Å². The third-order valence-corrected chi connectivity index (χ3v) is 5.80. The van der Waals surface area contributed by atoms with E-state index in [1.807, 2.05) is 5.38 Å². The molecule has 1 aromatic carbocycles. The monoisotopic (exact) mass is 327 g/mol. The van der Waals surface area contributed by atoms with Gasteiger partial charge in [-0.25, -0.2) is 0 Å². The quantitative estimate of drug-likeness (QED) is 0.627. The van der Waals surface area contributed by atoms with Crippen molar-refractivity contribution in [1.29, 1.82) is 0 Å². The van der Waals surface area contributed by atoms with Crippen LogP contribution in [0.1, 0.15) is 30.4 Å². The van der Waals surface area contributed by atoms with Gasteiger partial charge in [0.2, 0.25) is 0 Å². The Hall–Kier alpha value is -0.671. The molecule has 1 N–H and O–H groups in total. The summed E-state index contributed by atoms with van der Waals surface area (Å²) in [6, 6.07) is 10.7. The van der Waals surface area contributed by atoms with Gasteiger partial charge in [-0.1, -0.05) is 0 Å². The van der Waals surface area contributed by atoms with Gasteiger partial charge in [0.15, 0.2) is 0 Å². The number of hydrogen-bond donors (Lipinski definition) is 1. The molecule has 0 aliphatic carbocycles. The molecule has 0 spiro atoms. The van der Waals surface area contributed by atoms with Crippen molar-refractivity contribution in [1.82, 2.24) is 4.98 Å². The van der Waals surface area contributed by atoms with Crippen molar-refractivity contribution in [3.63, 3.8) is 0 Å². The number of aliphatic hydroxyl groups excluding tert-OH is 1. The zero-order valence-electron chi connectivity index (χ0n) is 10.2. The molecule has 0 bridgehead atoms. The molecule has 2 rings (SSSR count). The van der Waals surface area contributed by atoms with Gasteiger partial charge in [0, 0.05) is 0 Å². The van der Waals surface area contributed by atoms with Gasteiger partial charge in [0.1, 0.15) is 0 Å². The summed E-state index contributed by atoms with van der Waals surface area (Å²) >= 11 is 2.11. The summed E-state index contributed by atoms with van der Waals surface area (Å²) in [5.74, 6) is 0. The SMILES string of the molecule is O[C@@H](CCCC[Se]c1ccccc1)c1nccs1. The van der Waals surface area contributed by atoms with Crippen LogP contribution in [0.4, 0.5) is 0 Å². The molecule has 0 saturated heterocycles. The molecule has 0 fully saturated rings. The predicted octanol–water partition coefficient (Wildman–Crippen LogP) is 2.79. The van der Waals surface area contributed by atoms with Crippen molar-refractivity contribution in [2.75, 3.05) is 0 Å². The van der Waals surface area contributed by atoms with E-state index >= 15 is 0 Å². The Kier molecular flexibility index (Phi) is 5.88. The van der Waals surface area contributed by atoms with E-state index in [9.17, 15) is 5.11 Å². The van der Waals surface area contributed by atoms with Gasteiger partial charge < -0.3 is 0 Å². The van der Waals surface area contributed by atoms with Gasteiger partial charge in [-0.2, -0.15) is 0 Å². The predicted molar refractivity (Wildman–Crippen MR) is 77.6 cm³/mol. The van der Waals surface area contributed by atoms with Crippen LogP contribution in [-0.4, -0.2) is 25.0 Å². The molecule has 0 amide bonds. The molecule has 2 aromatic rings. The second-order valence-electron chi connectivity index (χ2n) is 4.04. The first-order chi connectivity index (χ1) is 8.86. The second-order valence-corrected chi connectivity index (χ2v) is 7.42. The van der Waals surface area contributed by atoms with Gasteiger partial charge in [-0.05, 0) is 0 Å². The standard InChI is InChI=1S/C14H17NOSSe/c16-13(14-15-9-10-17-14)8-4-5-11-18-12-6-2-1-3-7-12/h1-3,6-7,9-10,13,16H,4-5,8,11H2/t13-/m0/s1. The number of rotatable bonds is 7. The fourth-order valence-corrected chi connectivity index (χ4v) is 4.29. The van der Waals surface area contributed by atoms with E-state index in [0.717, 1.165) is 17.8 Å². The van der Waals surface area contributed by atoms with Crippen molar-refractivity contribution in [2.45, 2.75) is 30.7 Å². The van der Waals surface area contributed by atoms with Crippen LogP contribution in [0.25, 0.3) is 0 Å². The fourth-order valence-electron chi connectivity index (χ4n) is 1.67. The molecule has 96 valence electrons. The van der Waals surface area contributed by atoms with Crippen molar-refractivity contribution in [2.24, 2.45) is 0 Å². The number of thiazole rings is 1. The van der Waals surface area contributed by atoms with Crippen molar-refractivity contribution in [3.8, 4) is 0 Å². The summed E-state index contributed by atoms with van der Waals surface area (Å²) in [4.78, 5) is 4.14. The first-order valence-electron chi connectivity index (χ1n) is 6.11. The van der Waals surface area contributed by atoms with E-state index in [1.54, 1.807) is 6.20 Å². The van der Waals surface area contributed by atoms with Crippen molar-refractivity contribution < 1.29 is 5.11 Å². The molecule has 0 aliphatic heterocycles. The van der Waals surface area contributed by atoms with Crippen LogP contribution in [0.3, 0.4) is 0 Å². The van der Waals surface area contributed by atoms with Gasteiger partial charge in [-0.3, -0.25) is 0 Å². The summed E-state index contributed by atoms with van der Waals surface area (Å²) in [6.07, 6.45) is 4.49. The molecular formula is C14H17NOSSe. The van der Waals surface area contributed by atoms with Crippen LogP contribution in [0, 0.1) is 0 Å². The van der Waals surface area contributed by atoms with Crippen LogP contribution < -0.4 is 4.46 Å². The van der Waals surface area contributed by atoms with Crippen LogP contribution >= 0.6 is 11.3 Å². The molecule has 18 heavy (non-hydrogen) atoms. The van der Waals surface area contributed by atoms with Crippen molar-refractivity contribution >= 4 is 30.8 Å². The number of nitrogens with zero attached hydrogens (tertiary/aromatic N) is 1. The summed E-state index contributed by atoms with van der Waals surface area (Å²) in [5.41, 5.74) is 0. The van der Waals surface area contributed by atoms with Crippen LogP contribution in [0.15, 0.2) is 41.9 Å². The fraction of sp³-hybridized carbons (Fsp3) is 0.357. The minimum absolute atomic E-state index is 0.366. The third-order valence-electron chi connectivity index (χ3n) is 2.62. The molecule has 0 saturated carbocycles. The number of unbranched alkanes of at least 4 members (excludes halogenated alkanes) is 1. The molecule has 4 heteroatoms. The van der Waals surface area contributed by atoms with Crippen LogP contribution in [0.2, 0.25) is 5.32 Å². The molecular weight excluding hydrogens is 309 g/mol. The molecule has 1 aromatic heterocycles.